The van der Waals surface area contributed by atoms with Crippen molar-refractivity contribution in [3.63, 3.8) is 0 Å². The highest BCUT2D eigenvalue weighted by atomic mass is 32.2. The molecule has 1 heterocycles. The number of sulfonamides is 1. The quantitative estimate of drug-likeness (QED) is 0.699. The lowest BCUT2D eigenvalue weighted by molar-refractivity contribution is 0.443. The molecule has 5 nitrogen and oxygen atoms in total. The SMILES string of the molecule is Cc1cccc2[nH]c(NS(=O)(=O)c3ccc(C4CCCCC4)cc3)nc12. The maximum Gasteiger partial charge on any atom is 0.264 e. The Balaban J connectivity index is 1.56. The lowest BCUT2D eigenvalue weighted by Gasteiger charge is -2.22. The summed E-state index contributed by atoms with van der Waals surface area (Å²) >= 11 is 0. The zero-order chi connectivity index (χ0) is 18.1. The highest BCUT2D eigenvalue weighted by Gasteiger charge is 2.19. The number of fused-ring (bicyclic) bond motifs is 1. The molecule has 3 aromatic rings. The number of benzene rings is 2. The van der Waals surface area contributed by atoms with E-state index < -0.39 is 10.0 Å². The molecule has 136 valence electrons. The van der Waals surface area contributed by atoms with Gasteiger partial charge in [0.1, 0.15) is 0 Å². The lowest BCUT2D eigenvalue weighted by Crippen LogP contribution is -2.14. The van der Waals surface area contributed by atoms with E-state index >= 15 is 0 Å². The van der Waals surface area contributed by atoms with Crippen molar-refractivity contribution >= 4 is 27.0 Å². The third-order valence-corrected chi connectivity index (χ3v) is 6.57. The van der Waals surface area contributed by atoms with Gasteiger partial charge in [-0.3, -0.25) is 0 Å². The predicted molar refractivity (Wildman–Crippen MR) is 104 cm³/mol. The van der Waals surface area contributed by atoms with Crippen molar-refractivity contribution < 1.29 is 8.42 Å². The number of anilines is 1. The number of para-hydroxylation sites is 1. The van der Waals surface area contributed by atoms with E-state index in [1.807, 2.05) is 37.3 Å². The van der Waals surface area contributed by atoms with Gasteiger partial charge in [-0.05, 0) is 55.0 Å². The summed E-state index contributed by atoms with van der Waals surface area (Å²) < 4.78 is 27.9. The fourth-order valence-corrected chi connectivity index (χ4v) is 4.73. The Morgan fingerprint density at radius 2 is 1.77 bits per heavy atom. The minimum Gasteiger partial charge on any atom is -0.323 e. The Morgan fingerprint density at radius 3 is 2.46 bits per heavy atom. The monoisotopic (exact) mass is 369 g/mol. The summed E-state index contributed by atoms with van der Waals surface area (Å²) in [5.41, 5.74) is 3.83. The van der Waals surface area contributed by atoms with Gasteiger partial charge in [-0.15, -0.1) is 0 Å². The molecule has 1 fully saturated rings. The number of hydrogen-bond acceptors (Lipinski definition) is 3. The smallest absolute Gasteiger partial charge is 0.264 e. The van der Waals surface area contributed by atoms with Gasteiger partial charge in [0.15, 0.2) is 0 Å². The van der Waals surface area contributed by atoms with Gasteiger partial charge in [0, 0.05) is 0 Å². The van der Waals surface area contributed by atoms with Crippen LogP contribution in [-0.2, 0) is 10.0 Å². The molecular weight excluding hydrogens is 346 g/mol. The standard InChI is InChI=1S/C20H23N3O2S/c1-14-6-5-9-18-19(14)22-20(21-18)23-26(24,25)17-12-10-16(11-13-17)15-7-3-2-4-8-15/h5-6,9-13,15H,2-4,7-8H2,1H3,(H2,21,22,23). The second-order valence-corrected chi connectivity index (χ2v) is 8.75. The van der Waals surface area contributed by atoms with Crippen molar-refractivity contribution in [1.29, 1.82) is 0 Å². The zero-order valence-corrected chi connectivity index (χ0v) is 15.6. The molecule has 0 atom stereocenters. The van der Waals surface area contributed by atoms with Crippen LogP contribution in [0.1, 0.15) is 49.1 Å². The maximum atomic E-state index is 12.7. The van der Waals surface area contributed by atoms with Gasteiger partial charge in [0.2, 0.25) is 5.95 Å². The molecule has 1 aliphatic rings. The van der Waals surface area contributed by atoms with E-state index in [9.17, 15) is 8.42 Å². The minimum absolute atomic E-state index is 0.241. The average Bonchev–Trinajstić information content (AvgIpc) is 3.06. The van der Waals surface area contributed by atoms with Crippen molar-refractivity contribution in [2.75, 3.05) is 4.72 Å². The van der Waals surface area contributed by atoms with Crippen LogP contribution in [0, 0.1) is 6.92 Å². The maximum absolute atomic E-state index is 12.7. The molecule has 2 aromatic carbocycles. The van der Waals surface area contributed by atoms with Crippen LogP contribution >= 0.6 is 0 Å². The molecule has 2 N–H and O–H groups in total. The number of imidazole rings is 1. The van der Waals surface area contributed by atoms with Crippen LogP contribution < -0.4 is 4.72 Å². The van der Waals surface area contributed by atoms with E-state index in [-0.39, 0.29) is 10.8 Å². The van der Waals surface area contributed by atoms with Crippen molar-refractivity contribution in [2.45, 2.75) is 49.8 Å². The van der Waals surface area contributed by atoms with Crippen molar-refractivity contribution in [3.05, 3.63) is 53.6 Å². The number of H-pyrrole nitrogens is 1. The number of hydrogen-bond donors (Lipinski definition) is 2. The van der Waals surface area contributed by atoms with Crippen LogP contribution in [-0.4, -0.2) is 18.4 Å². The van der Waals surface area contributed by atoms with Gasteiger partial charge in [-0.1, -0.05) is 43.5 Å². The first kappa shape index (κ1) is 17.1. The average molecular weight is 369 g/mol. The Labute approximate surface area is 153 Å². The fraction of sp³-hybridized carbons (Fsp3) is 0.350. The summed E-state index contributed by atoms with van der Waals surface area (Å²) in [6.07, 6.45) is 6.23. The minimum atomic E-state index is -3.67. The topological polar surface area (TPSA) is 74.8 Å². The first-order chi connectivity index (χ1) is 12.5. The number of nitrogens with zero attached hydrogens (tertiary/aromatic N) is 1. The normalized spacial score (nSPS) is 16.0. The molecule has 1 saturated carbocycles. The van der Waals surface area contributed by atoms with Crippen LogP contribution in [0.5, 0.6) is 0 Å². The Kier molecular flexibility index (Phi) is 4.44. The number of nitrogens with one attached hydrogen (secondary N) is 2. The van der Waals surface area contributed by atoms with E-state index in [4.69, 9.17) is 0 Å². The molecule has 26 heavy (non-hydrogen) atoms. The Hall–Kier alpha value is -2.34. The first-order valence-electron chi connectivity index (χ1n) is 9.11. The molecule has 0 bridgehead atoms. The molecule has 1 aliphatic carbocycles. The van der Waals surface area contributed by atoms with Crippen molar-refractivity contribution in [3.8, 4) is 0 Å². The number of rotatable bonds is 4. The summed E-state index contributed by atoms with van der Waals surface area (Å²) in [6, 6.07) is 13.0. The van der Waals surface area contributed by atoms with Crippen LogP contribution in [0.25, 0.3) is 11.0 Å². The van der Waals surface area contributed by atoms with Crippen LogP contribution in [0.2, 0.25) is 0 Å². The molecule has 1 aromatic heterocycles. The molecule has 0 saturated heterocycles. The van der Waals surface area contributed by atoms with E-state index in [2.05, 4.69) is 14.7 Å². The number of aryl methyl sites for hydroxylation is 1. The second kappa shape index (κ2) is 6.76. The van der Waals surface area contributed by atoms with Gasteiger partial charge in [0.05, 0.1) is 15.9 Å². The first-order valence-corrected chi connectivity index (χ1v) is 10.6. The van der Waals surface area contributed by atoms with Crippen LogP contribution in [0.15, 0.2) is 47.4 Å². The summed E-state index contributed by atoms with van der Waals surface area (Å²) in [7, 11) is -3.67. The molecule has 0 unspecified atom stereocenters. The number of aromatic amines is 1. The van der Waals surface area contributed by atoms with Crippen LogP contribution in [0.4, 0.5) is 5.95 Å². The molecule has 6 heteroatoms. The van der Waals surface area contributed by atoms with Crippen LogP contribution in [0.3, 0.4) is 0 Å². The largest absolute Gasteiger partial charge is 0.323 e. The highest BCUT2D eigenvalue weighted by Crippen LogP contribution is 2.33. The fourth-order valence-electron chi connectivity index (χ4n) is 3.77. The highest BCUT2D eigenvalue weighted by molar-refractivity contribution is 7.92. The Bertz CT molecular complexity index is 1020. The molecule has 0 spiro atoms. The Morgan fingerprint density at radius 1 is 1.04 bits per heavy atom. The predicted octanol–water partition coefficient (Wildman–Crippen LogP) is 4.72. The third-order valence-electron chi connectivity index (χ3n) is 5.21. The number of aromatic nitrogens is 2. The summed E-state index contributed by atoms with van der Waals surface area (Å²) in [4.78, 5) is 7.65. The third kappa shape index (κ3) is 3.33. The molecular formula is C20H23N3O2S. The second-order valence-electron chi connectivity index (χ2n) is 7.07. The van der Waals surface area contributed by atoms with E-state index in [1.54, 1.807) is 12.1 Å². The van der Waals surface area contributed by atoms with Gasteiger partial charge in [-0.25, -0.2) is 18.1 Å². The van der Waals surface area contributed by atoms with E-state index in [0.717, 1.165) is 16.6 Å². The van der Waals surface area contributed by atoms with Gasteiger partial charge in [0.25, 0.3) is 10.0 Å². The van der Waals surface area contributed by atoms with Gasteiger partial charge in [-0.2, -0.15) is 0 Å². The van der Waals surface area contributed by atoms with Crippen molar-refractivity contribution in [1.82, 2.24) is 9.97 Å². The molecule has 4 rings (SSSR count). The summed E-state index contributed by atoms with van der Waals surface area (Å²) in [5, 5.41) is 0. The lowest BCUT2D eigenvalue weighted by atomic mass is 9.84. The zero-order valence-electron chi connectivity index (χ0n) is 14.8. The van der Waals surface area contributed by atoms with Gasteiger partial charge < -0.3 is 4.98 Å². The molecule has 0 aliphatic heterocycles. The van der Waals surface area contributed by atoms with Crippen molar-refractivity contribution in [2.24, 2.45) is 0 Å². The van der Waals surface area contributed by atoms with E-state index in [1.165, 1.54) is 37.7 Å². The summed E-state index contributed by atoms with van der Waals surface area (Å²) in [5.74, 6) is 0.803. The molecule has 0 amide bonds. The molecule has 0 radical (unpaired) electrons. The summed E-state index contributed by atoms with van der Waals surface area (Å²) in [6.45, 7) is 1.95. The van der Waals surface area contributed by atoms with E-state index in [0.29, 0.717) is 5.92 Å². The van der Waals surface area contributed by atoms with Gasteiger partial charge >= 0.3 is 0 Å².